The van der Waals surface area contributed by atoms with E-state index < -0.39 is 0 Å². The molecule has 23 heavy (non-hydrogen) atoms. The second-order valence-electron chi connectivity index (χ2n) is 7.97. The summed E-state index contributed by atoms with van der Waals surface area (Å²) in [5.74, 6) is 0.839. The van der Waals surface area contributed by atoms with Gasteiger partial charge in [0.05, 0.1) is 6.04 Å². The molecule has 2 fully saturated rings. The minimum Gasteiger partial charge on any atom is -0.354 e. The van der Waals surface area contributed by atoms with Gasteiger partial charge in [-0.2, -0.15) is 0 Å². The summed E-state index contributed by atoms with van der Waals surface area (Å²) >= 11 is 0. The molecule has 1 amide bonds. The first kappa shape index (κ1) is 20.7. The molecule has 2 aliphatic heterocycles. The van der Waals surface area contributed by atoms with Crippen molar-refractivity contribution in [2.24, 2.45) is 11.3 Å². The number of carbonyl (C=O) groups excluding carboxylic acids is 1. The van der Waals surface area contributed by atoms with Gasteiger partial charge in [0.1, 0.15) is 0 Å². The standard InChI is InChI=1S/C18H35N3O.ClH/c1-4-18(2,3)9-12-21-11-6-7-15(14-21)13-20-17(22)16-8-5-10-19-16;/h15-16,19H,4-14H2,1-3H3,(H,20,22);1H. The molecule has 2 unspecified atom stereocenters. The molecule has 2 heterocycles. The molecular weight excluding hydrogens is 310 g/mol. The number of hydrogen-bond acceptors (Lipinski definition) is 3. The lowest BCUT2D eigenvalue weighted by Gasteiger charge is -2.35. The van der Waals surface area contributed by atoms with Gasteiger partial charge in [-0.1, -0.05) is 27.2 Å². The first-order valence-corrected chi connectivity index (χ1v) is 9.23. The molecule has 2 aliphatic rings. The highest BCUT2D eigenvalue weighted by molar-refractivity contribution is 5.85. The normalized spacial score (nSPS) is 25.9. The molecule has 4 nitrogen and oxygen atoms in total. The Balaban J connectivity index is 0.00000264. The fraction of sp³-hybridized carbons (Fsp3) is 0.944. The number of halogens is 1. The van der Waals surface area contributed by atoms with Crippen molar-refractivity contribution < 1.29 is 4.79 Å². The summed E-state index contributed by atoms with van der Waals surface area (Å²) in [5, 5.41) is 6.44. The van der Waals surface area contributed by atoms with E-state index >= 15 is 0 Å². The Morgan fingerprint density at radius 1 is 1.30 bits per heavy atom. The fourth-order valence-electron chi connectivity index (χ4n) is 3.44. The van der Waals surface area contributed by atoms with E-state index in [9.17, 15) is 4.79 Å². The molecule has 0 aromatic rings. The zero-order valence-corrected chi connectivity index (χ0v) is 16.0. The molecule has 0 aromatic heterocycles. The predicted octanol–water partition coefficient (Wildman–Crippen LogP) is 2.81. The number of amides is 1. The van der Waals surface area contributed by atoms with E-state index in [2.05, 4.69) is 36.3 Å². The summed E-state index contributed by atoms with van der Waals surface area (Å²) in [6.07, 6.45) is 7.17. The van der Waals surface area contributed by atoms with Crippen LogP contribution in [-0.2, 0) is 4.79 Å². The van der Waals surface area contributed by atoms with Gasteiger partial charge in [0, 0.05) is 13.1 Å². The molecule has 136 valence electrons. The Morgan fingerprint density at radius 3 is 2.74 bits per heavy atom. The Kier molecular flexibility index (Phi) is 8.88. The van der Waals surface area contributed by atoms with Crippen LogP contribution in [0.5, 0.6) is 0 Å². The summed E-state index contributed by atoms with van der Waals surface area (Å²) in [4.78, 5) is 14.7. The van der Waals surface area contributed by atoms with E-state index in [-0.39, 0.29) is 24.4 Å². The number of hydrogen-bond donors (Lipinski definition) is 2. The SMILES string of the molecule is CCC(C)(C)CCN1CCCC(CNC(=O)C2CCCN2)C1.Cl. The third-order valence-electron chi connectivity index (χ3n) is 5.61. The maximum Gasteiger partial charge on any atom is 0.237 e. The van der Waals surface area contributed by atoms with Gasteiger partial charge in [-0.3, -0.25) is 4.79 Å². The van der Waals surface area contributed by atoms with Crippen molar-refractivity contribution in [2.45, 2.75) is 65.3 Å². The van der Waals surface area contributed by atoms with Crippen molar-refractivity contribution in [1.82, 2.24) is 15.5 Å². The van der Waals surface area contributed by atoms with Crippen molar-refractivity contribution in [3.63, 3.8) is 0 Å². The second kappa shape index (κ2) is 9.85. The summed E-state index contributed by atoms with van der Waals surface area (Å²) < 4.78 is 0. The first-order valence-electron chi connectivity index (χ1n) is 9.23. The smallest absolute Gasteiger partial charge is 0.237 e. The van der Waals surface area contributed by atoms with Crippen LogP contribution in [0.3, 0.4) is 0 Å². The average Bonchev–Trinajstić information content (AvgIpc) is 3.06. The number of nitrogens with zero attached hydrogens (tertiary/aromatic N) is 1. The van der Waals surface area contributed by atoms with Crippen LogP contribution in [0.1, 0.15) is 59.3 Å². The summed E-state index contributed by atoms with van der Waals surface area (Å²) in [7, 11) is 0. The highest BCUT2D eigenvalue weighted by atomic mass is 35.5. The number of carbonyl (C=O) groups is 1. The third-order valence-corrected chi connectivity index (χ3v) is 5.61. The molecule has 0 aromatic carbocycles. The van der Waals surface area contributed by atoms with E-state index in [0.717, 1.165) is 32.5 Å². The maximum absolute atomic E-state index is 12.1. The Bertz CT molecular complexity index is 356. The quantitative estimate of drug-likeness (QED) is 0.745. The van der Waals surface area contributed by atoms with Crippen LogP contribution in [0, 0.1) is 11.3 Å². The zero-order valence-electron chi connectivity index (χ0n) is 15.2. The van der Waals surface area contributed by atoms with E-state index in [1.54, 1.807) is 0 Å². The Labute approximate surface area is 148 Å². The van der Waals surface area contributed by atoms with E-state index in [0.29, 0.717) is 11.3 Å². The van der Waals surface area contributed by atoms with Gasteiger partial charge in [-0.25, -0.2) is 0 Å². The van der Waals surface area contributed by atoms with Crippen LogP contribution in [0.25, 0.3) is 0 Å². The number of nitrogens with one attached hydrogen (secondary N) is 2. The average molecular weight is 346 g/mol. The molecule has 2 N–H and O–H groups in total. The lowest BCUT2D eigenvalue weighted by molar-refractivity contribution is -0.123. The van der Waals surface area contributed by atoms with Gasteiger partial charge >= 0.3 is 0 Å². The molecule has 2 rings (SSSR count). The van der Waals surface area contributed by atoms with Crippen molar-refractivity contribution in [3.05, 3.63) is 0 Å². The number of likely N-dealkylation sites (tertiary alicyclic amines) is 1. The molecule has 0 radical (unpaired) electrons. The molecule has 2 atom stereocenters. The van der Waals surface area contributed by atoms with Gasteiger partial charge in [0.15, 0.2) is 0 Å². The summed E-state index contributed by atoms with van der Waals surface area (Å²) in [6.45, 7) is 12.4. The topological polar surface area (TPSA) is 44.4 Å². The van der Waals surface area contributed by atoms with Crippen molar-refractivity contribution in [3.8, 4) is 0 Å². The van der Waals surface area contributed by atoms with Crippen LogP contribution in [0.2, 0.25) is 0 Å². The van der Waals surface area contributed by atoms with E-state index in [4.69, 9.17) is 0 Å². The van der Waals surface area contributed by atoms with Crippen molar-refractivity contribution >= 4 is 18.3 Å². The fourth-order valence-corrected chi connectivity index (χ4v) is 3.44. The van der Waals surface area contributed by atoms with Gasteiger partial charge in [-0.05, 0) is 63.1 Å². The van der Waals surface area contributed by atoms with Crippen LogP contribution < -0.4 is 10.6 Å². The van der Waals surface area contributed by atoms with Crippen molar-refractivity contribution in [2.75, 3.05) is 32.7 Å². The highest BCUT2D eigenvalue weighted by Crippen LogP contribution is 2.26. The molecule has 2 saturated heterocycles. The predicted molar refractivity (Wildman–Crippen MR) is 99.1 cm³/mol. The van der Waals surface area contributed by atoms with Gasteiger partial charge < -0.3 is 15.5 Å². The maximum atomic E-state index is 12.1. The molecular formula is C18H36ClN3O. The van der Waals surface area contributed by atoms with Gasteiger partial charge in [0.2, 0.25) is 5.91 Å². The summed E-state index contributed by atoms with van der Waals surface area (Å²) in [5.41, 5.74) is 0.454. The Morgan fingerprint density at radius 2 is 2.09 bits per heavy atom. The second-order valence-corrected chi connectivity index (χ2v) is 7.97. The van der Waals surface area contributed by atoms with Gasteiger partial charge in [0.25, 0.3) is 0 Å². The number of rotatable bonds is 7. The minimum atomic E-state index is 0. The molecule has 5 heteroatoms. The molecule has 0 aliphatic carbocycles. The third kappa shape index (κ3) is 6.98. The van der Waals surface area contributed by atoms with Gasteiger partial charge in [-0.15, -0.1) is 12.4 Å². The lowest BCUT2D eigenvalue weighted by atomic mass is 9.86. The van der Waals surface area contributed by atoms with Crippen molar-refractivity contribution in [1.29, 1.82) is 0 Å². The molecule has 0 bridgehead atoms. The van der Waals surface area contributed by atoms with Crippen LogP contribution in [0.4, 0.5) is 0 Å². The summed E-state index contributed by atoms with van der Waals surface area (Å²) in [6, 6.07) is 0.0602. The largest absolute Gasteiger partial charge is 0.354 e. The van der Waals surface area contributed by atoms with E-state index in [1.807, 2.05) is 0 Å². The number of piperidine rings is 1. The Hall–Kier alpha value is -0.320. The minimum absolute atomic E-state index is 0. The lowest BCUT2D eigenvalue weighted by Crippen LogP contribution is -2.45. The first-order chi connectivity index (χ1) is 10.5. The molecule has 0 saturated carbocycles. The monoisotopic (exact) mass is 345 g/mol. The zero-order chi connectivity index (χ0) is 16.0. The van der Waals surface area contributed by atoms with Crippen LogP contribution in [-0.4, -0.2) is 49.6 Å². The van der Waals surface area contributed by atoms with Crippen LogP contribution >= 0.6 is 12.4 Å². The highest BCUT2D eigenvalue weighted by Gasteiger charge is 2.25. The molecule has 0 spiro atoms. The van der Waals surface area contributed by atoms with E-state index in [1.165, 1.54) is 38.8 Å². The van der Waals surface area contributed by atoms with Crippen LogP contribution in [0.15, 0.2) is 0 Å².